The van der Waals surface area contributed by atoms with Gasteiger partial charge in [-0.1, -0.05) is 22.0 Å². The van der Waals surface area contributed by atoms with Crippen molar-refractivity contribution in [3.63, 3.8) is 0 Å². The predicted octanol–water partition coefficient (Wildman–Crippen LogP) is 3.76. The van der Waals surface area contributed by atoms with Crippen molar-refractivity contribution in [2.24, 2.45) is 0 Å². The average molecular weight is 567 g/mol. The first-order valence-electron chi connectivity index (χ1n) is 9.01. The van der Waals surface area contributed by atoms with Crippen molar-refractivity contribution < 1.29 is 19.1 Å². The smallest absolute Gasteiger partial charge is 0.263 e. The molecule has 1 saturated heterocycles. The van der Waals surface area contributed by atoms with Crippen LogP contribution in [0.2, 0.25) is 0 Å². The van der Waals surface area contributed by atoms with Crippen molar-refractivity contribution in [2.75, 3.05) is 11.9 Å². The van der Waals surface area contributed by atoms with E-state index in [1.165, 1.54) is 6.08 Å². The monoisotopic (exact) mass is 565 g/mol. The predicted molar refractivity (Wildman–Crippen MR) is 129 cm³/mol. The number of amides is 3. The fraction of sp³-hybridized carbons (Fsp3) is 0.143. The molecule has 2 aromatic rings. The lowest BCUT2D eigenvalue weighted by molar-refractivity contribution is -0.123. The van der Waals surface area contributed by atoms with Gasteiger partial charge in [-0.2, -0.15) is 0 Å². The highest BCUT2D eigenvalue weighted by atomic mass is 79.9. The minimum absolute atomic E-state index is 0.0536. The normalized spacial score (nSPS) is 13.4. The van der Waals surface area contributed by atoms with E-state index in [9.17, 15) is 14.4 Å². The van der Waals surface area contributed by atoms with Crippen LogP contribution >= 0.6 is 44.1 Å². The molecule has 0 radical (unpaired) electrons. The lowest BCUT2D eigenvalue weighted by Gasteiger charge is -2.17. The number of carbonyl (C=O) groups excluding carboxylic acids is 3. The number of rotatable bonds is 5. The summed E-state index contributed by atoms with van der Waals surface area (Å²) < 4.78 is 6.96. The van der Waals surface area contributed by atoms with Crippen LogP contribution < -0.4 is 20.7 Å². The fourth-order valence-electron chi connectivity index (χ4n) is 2.76. The van der Waals surface area contributed by atoms with Gasteiger partial charge >= 0.3 is 0 Å². The number of ether oxygens (including phenoxy) is 1. The molecule has 1 fully saturated rings. The maximum absolute atomic E-state index is 12.4. The second-order valence-electron chi connectivity index (χ2n) is 6.74. The van der Waals surface area contributed by atoms with Gasteiger partial charge in [0.1, 0.15) is 11.3 Å². The largest absolute Gasteiger partial charge is 0.482 e. The number of nitrogens with one attached hydrogen (secondary N) is 3. The van der Waals surface area contributed by atoms with Crippen molar-refractivity contribution >= 4 is 78.7 Å². The Balaban J connectivity index is 1.81. The summed E-state index contributed by atoms with van der Waals surface area (Å²) >= 11 is 11.6. The van der Waals surface area contributed by atoms with E-state index in [4.69, 9.17) is 17.0 Å². The van der Waals surface area contributed by atoms with Gasteiger partial charge in [-0.3, -0.25) is 25.0 Å². The van der Waals surface area contributed by atoms with Crippen molar-refractivity contribution in [1.82, 2.24) is 10.6 Å². The molecule has 3 N–H and O–H groups in total. The van der Waals surface area contributed by atoms with Crippen LogP contribution in [0.4, 0.5) is 5.69 Å². The zero-order chi connectivity index (χ0) is 22.7. The van der Waals surface area contributed by atoms with Crippen molar-refractivity contribution in [1.29, 1.82) is 0 Å². The maximum atomic E-state index is 12.4. The summed E-state index contributed by atoms with van der Waals surface area (Å²) in [5.74, 6) is -1.29. The number of thiocarbonyl (C=S) groups is 1. The molecular formula is C21H17Br2N3O4S. The minimum atomic E-state index is -0.622. The first-order chi connectivity index (χ1) is 14.6. The Morgan fingerprint density at radius 3 is 2.42 bits per heavy atom. The summed E-state index contributed by atoms with van der Waals surface area (Å²) in [4.78, 5) is 36.7. The minimum Gasteiger partial charge on any atom is -0.482 e. The molecule has 31 heavy (non-hydrogen) atoms. The number of anilines is 1. The summed E-state index contributed by atoms with van der Waals surface area (Å²) in [7, 11) is 0. The van der Waals surface area contributed by atoms with Gasteiger partial charge in [0.2, 0.25) is 0 Å². The van der Waals surface area contributed by atoms with Gasteiger partial charge in [-0.25, -0.2) is 0 Å². The first-order valence-corrected chi connectivity index (χ1v) is 11.0. The molecule has 0 saturated carbocycles. The highest BCUT2D eigenvalue weighted by Crippen LogP contribution is 2.34. The molecule has 0 spiro atoms. The summed E-state index contributed by atoms with van der Waals surface area (Å²) in [6.45, 7) is 3.68. The number of halogens is 2. The first kappa shape index (κ1) is 23.1. The topological polar surface area (TPSA) is 96.5 Å². The van der Waals surface area contributed by atoms with Crippen LogP contribution in [-0.2, 0) is 14.4 Å². The van der Waals surface area contributed by atoms with E-state index < -0.39 is 11.8 Å². The Morgan fingerprint density at radius 2 is 1.77 bits per heavy atom. The van der Waals surface area contributed by atoms with Gasteiger partial charge in [-0.05, 0) is 83.5 Å². The van der Waals surface area contributed by atoms with Crippen LogP contribution in [0.3, 0.4) is 0 Å². The van der Waals surface area contributed by atoms with Gasteiger partial charge in [0.05, 0.1) is 4.47 Å². The van der Waals surface area contributed by atoms with Crippen LogP contribution in [0, 0.1) is 13.8 Å². The summed E-state index contributed by atoms with van der Waals surface area (Å²) in [6, 6.07) is 9.02. The summed E-state index contributed by atoms with van der Waals surface area (Å²) in [6.07, 6.45) is 1.37. The molecule has 7 nitrogen and oxygen atoms in total. The lowest BCUT2D eigenvalue weighted by Crippen LogP contribution is -2.51. The van der Waals surface area contributed by atoms with E-state index >= 15 is 0 Å². The Bertz CT molecular complexity index is 1130. The van der Waals surface area contributed by atoms with Crippen LogP contribution in [-0.4, -0.2) is 29.4 Å². The molecule has 0 aliphatic carbocycles. The maximum Gasteiger partial charge on any atom is 0.263 e. The Morgan fingerprint density at radius 1 is 1.10 bits per heavy atom. The van der Waals surface area contributed by atoms with E-state index in [0.29, 0.717) is 25.9 Å². The third kappa shape index (κ3) is 5.78. The SMILES string of the molecule is Cc1ccc(NC(=O)COc2c(Br)cc(Br)cc2C=C2C(=O)NC(=S)NC2=O)cc1C. The number of aryl methyl sites for hydroxylation is 2. The van der Waals surface area contributed by atoms with Crippen molar-refractivity contribution in [2.45, 2.75) is 13.8 Å². The highest BCUT2D eigenvalue weighted by Gasteiger charge is 2.26. The third-order valence-corrected chi connectivity index (χ3v) is 5.67. The zero-order valence-electron chi connectivity index (χ0n) is 16.5. The quantitative estimate of drug-likeness (QED) is 0.291. The van der Waals surface area contributed by atoms with Gasteiger partial charge in [-0.15, -0.1) is 0 Å². The standard InChI is InChI=1S/C21H17Br2N3O4S/c1-10-3-4-14(5-11(10)2)24-17(27)9-30-18-12(6-13(22)8-16(18)23)7-15-19(28)25-21(31)26-20(15)29/h3-8H,9H2,1-2H3,(H,24,27)(H2,25,26,28,29,31). The zero-order valence-corrected chi connectivity index (χ0v) is 20.5. The molecule has 2 aromatic carbocycles. The molecule has 3 rings (SSSR count). The van der Waals surface area contributed by atoms with Crippen LogP contribution in [0.25, 0.3) is 6.08 Å². The molecule has 1 aliphatic rings. The van der Waals surface area contributed by atoms with Crippen LogP contribution in [0.15, 0.2) is 44.9 Å². The average Bonchev–Trinajstić information content (AvgIpc) is 2.66. The van der Waals surface area contributed by atoms with E-state index in [-0.39, 0.29) is 23.2 Å². The van der Waals surface area contributed by atoms with E-state index in [2.05, 4.69) is 47.8 Å². The van der Waals surface area contributed by atoms with E-state index in [0.717, 1.165) is 11.1 Å². The molecule has 0 aromatic heterocycles. The Kier molecular flexibility index (Phi) is 7.24. The van der Waals surface area contributed by atoms with Crippen LogP contribution in [0.5, 0.6) is 5.75 Å². The summed E-state index contributed by atoms with van der Waals surface area (Å²) in [5.41, 5.74) is 3.14. The summed E-state index contributed by atoms with van der Waals surface area (Å²) in [5, 5.41) is 7.49. The molecule has 1 heterocycles. The number of benzene rings is 2. The number of hydrogen-bond acceptors (Lipinski definition) is 5. The Hall–Kier alpha value is -2.56. The number of carbonyl (C=O) groups is 3. The van der Waals surface area contributed by atoms with E-state index in [1.807, 2.05) is 32.0 Å². The van der Waals surface area contributed by atoms with Gasteiger partial charge < -0.3 is 10.1 Å². The second kappa shape index (κ2) is 9.71. The molecule has 3 amide bonds. The third-order valence-electron chi connectivity index (χ3n) is 4.42. The fourth-order valence-corrected chi connectivity index (χ4v) is 4.31. The second-order valence-corrected chi connectivity index (χ2v) is 8.92. The highest BCUT2D eigenvalue weighted by molar-refractivity contribution is 9.11. The lowest BCUT2D eigenvalue weighted by atomic mass is 10.1. The molecule has 10 heteroatoms. The van der Waals surface area contributed by atoms with Gasteiger partial charge in [0.25, 0.3) is 17.7 Å². The molecule has 0 unspecified atom stereocenters. The van der Waals surface area contributed by atoms with E-state index in [1.54, 1.807) is 12.1 Å². The molecule has 0 bridgehead atoms. The molecule has 160 valence electrons. The molecule has 0 atom stereocenters. The molecular weight excluding hydrogens is 550 g/mol. The molecule has 1 aliphatic heterocycles. The number of hydrogen-bond donors (Lipinski definition) is 3. The van der Waals surface area contributed by atoms with Crippen molar-refractivity contribution in [3.8, 4) is 5.75 Å². The van der Waals surface area contributed by atoms with Gasteiger partial charge in [0.15, 0.2) is 11.7 Å². The van der Waals surface area contributed by atoms with Gasteiger partial charge in [0, 0.05) is 15.7 Å². The van der Waals surface area contributed by atoms with Crippen molar-refractivity contribution in [3.05, 3.63) is 61.5 Å². The Labute approximate surface area is 200 Å². The van der Waals surface area contributed by atoms with Crippen LogP contribution in [0.1, 0.15) is 16.7 Å².